The van der Waals surface area contributed by atoms with Gasteiger partial charge in [0.05, 0.1) is 0 Å². The van der Waals surface area contributed by atoms with Crippen molar-refractivity contribution in [3.63, 3.8) is 0 Å². The number of hydrogen-bond donors (Lipinski definition) is 1. The number of ether oxygens (including phenoxy) is 1. The highest BCUT2D eigenvalue weighted by Crippen LogP contribution is 2.21. The van der Waals surface area contributed by atoms with Crippen LogP contribution in [0.25, 0.3) is 0 Å². The maximum absolute atomic E-state index is 11.2. The first-order valence-electron chi connectivity index (χ1n) is 6.05. The van der Waals surface area contributed by atoms with Crippen molar-refractivity contribution in [3.05, 3.63) is 53.5 Å². The van der Waals surface area contributed by atoms with Crippen LogP contribution in [-0.4, -0.2) is 17.7 Å². The van der Waals surface area contributed by atoms with Crippen molar-refractivity contribution in [2.75, 3.05) is 6.61 Å². The second-order valence-electron chi connectivity index (χ2n) is 4.46. The predicted molar refractivity (Wildman–Crippen MR) is 70.5 cm³/mol. The van der Waals surface area contributed by atoms with E-state index in [1.165, 1.54) is 0 Å². The molecule has 1 aromatic heterocycles. The standard InChI is InChI=1S/C15H16O4/c1-10-3-6-12(7-4-10)18-9-13(15(16)17)14-8-5-11(2)19-14/h3-8,13H,9H2,1-2H3,(H,16,17). The third-order valence-corrected chi connectivity index (χ3v) is 2.84. The highest BCUT2D eigenvalue weighted by atomic mass is 16.5. The third kappa shape index (κ3) is 3.37. The van der Waals surface area contributed by atoms with Crippen molar-refractivity contribution in [1.29, 1.82) is 0 Å². The molecule has 0 saturated carbocycles. The fraction of sp³-hybridized carbons (Fsp3) is 0.267. The highest BCUT2D eigenvalue weighted by molar-refractivity contribution is 5.75. The molecule has 0 bridgehead atoms. The lowest BCUT2D eigenvalue weighted by molar-refractivity contribution is -0.140. The zero-order valence-electron chi connectivity index (χ0n) is 10.9. The molecule has 19 heavy (non-hydrogen) atoms. The summed E-state index contributed by atoms with van der Waals surface area (Å²) in [7, 11) is 0. The summed E-state index contributed by atoms with van der Waals surface area (Å²) in [5.74, 6) is 0.00490. The minimum absolute atomic E-state index is 0.0470. The summed E-state index contributed by atoms with van der Waals surface area (Å²) in [4.78, 5) is 11.2. The average Bonchev–Trinajstić information content (AvgIpc) is 2.78. The number of aryl methyl sites for hydroxylation is 2. The zero-order valence-corrected chi connectivity index (χ0v) is 10.9. The molecule has 0 aliphatic heterocycles. The Bertz CT molecular complexity index is 554. The Balaban J connectivity index is 2.06. The molecule has 1 N–H and O–H groups in total. The number of hydrogen-bond acceptors (Lipinski definition) is 3. The van der Waals surface area contributed by atoms with Crippen LogP contribution in [0.2, 0.25) is 0 Å². The number of benzene rings is 1. The molecule has 1 heterocycles. The summed E-state index contributed by atoms with van der Waals surface area (Å²) in [6.45, 7) is 3.81. The summed E-state index contributed by atoms with van der Waals surface area (Å²) in [6.07, 6.45) is 0. The number of carbonyl (C=O) groups is 1. The molecule has 0 spiro atoms. The van der Waals surface area contributed by atoms with E-state index in [1.54, 1.807) is 19.1 Å². The SMILES string of the molecule is Cc1ccc(OCC(C(=O)O)c2ccc(C)o2)cc1. The molecule has 100 valence electrons. The summed E-state index contributed by atoms with van der Waals surface area (Å²) in [5, 5.41) is 9.22. The molecule has 0 aliphatic rings. The van der Waals surface area contributed by atoms with Gasteiger partial charge in [-0.2, -0.15) is 0 Å². The predicted octanol–water partition coefficient (Wildman–Crippen LogP) is 3.14. The van der Waals surface area contributed by atoms with Crippen molar-refractivity contribution in [2.24, 2.45) is 0 Å². The van der Waals surface area contributed by atoms with Crippen molar-refractivity contribution in [3.8, 4) is 5.75 Å². The van der Waals surface area contributed by atoms with Gasteiger partial charge in [-0.05, 0) is 38.1 Å². The van der Waals surface area contributed by atoms with E-state index in [2.05, 4.69) is 0 Å². The molecule has 0 amide bonds. The molecule has 1 atom stereocenters. The van der Waals surface area contributed by atoms with Crippen LogP contribution in [0.3, 0.4) is 0 Å². The van der Waals surface area contributed by atoms with Crippen molar-refractivity contribution < 1.29 is 19.1 Å². The van der Waals surface area contributed by atoms with Gasteiger partial charge in [0.2, 0.25) is 0 Å². The van der Waals surface area contributed by atoms with Crippen LogP contribution in [0.5, 0.6) is 5.75 Å². The van der Waals surface area contributed by atoms with E-state index >= 15 is 0 Å². The van der Waals surface area contributed by atoms with Crippen LogP contribution in [0.15, 0.2) is 40.8 Å². The Morgan fingerprint density at radius 3 is 2.42 bits per heavy atom. The molecule has 4 nitrogen and oxygen atoms in total. The van der Waals surface area contributed by atoms with Gasteiger partial charge < -0.3 is 14.3 Å². The lowest BCUT2D eigenvalue weighted by Crippen LogP contribution is -2.19. The van der Waals surface area contributed by atoms with Crippen LogP contribution in [0, 0.1) is 13.8 Å². The van der Waals surface area contributed by atoms with Crippen molar-refractivity contribution >= 4 is 5.97 Å². The van der Waals surface area contributed by atoms with Gasteiger partial charge in [0.25, 0.3) is 0 Å². The number of carboxylic acids is 1. The first kappa shape index (κ1) is 13.2. The molecule has 0 radical (unpaired) electrons. The number of rotatable bonds is 5. The quantitative estimate of drug-likeness (QED) is 0.897. The van der Waals surface area contributed by atoms with E-state index in [9.17, 15) is 9.90 Å². The Hall–Kier alpha value is -2.23. The maximum Gasteiger partial charge on any atom is 0.317 e. The zero-order chi connectivity index (χ0) is 13.8. The van der Waals surface area contributed by atoms with Gasteiger partial charge in [-0.15, -0.1) is 0 Å². The lowest BCUT2D eigenvalue weighted by Gasteiger charge is -2.11. The monoisotopic (exact) mass is 260 g/mol. The van der Waals surface area contributed by atoms with E-state index in [-0.39, 0.29) is 6.61 Å². The third-order valence-electron chi connectivity index (χ3n) is 2.84. The topological polar surface area (TPSA) is 59.7 Å². The molecule has 1 unspecified atom stereocenters. The van der Waals surface area contributed by atoms with E-state index < -0.39 is 11.9 Å². The van der Waals surface area contributed by atoms with Gasteiger partial charge >= 0.3 is 5.97 Å². The van der Waals surface area contributed by atoms with Crippen LogP contribution >= 0.6 is 0 Å². The van der Waals surface area contributed by atoms with Gasteiger partial charge in [0, 0.05) is 0 Å². The second-order valence-corrected chi connectivity index (χ2v) is 4.46. The maximum atomic E-state index is 11.2. The van der Waals surface area contributed by atoms with E-state index in [1.807, 2.05) is 31.2 Å². The first-order chi connectivity index (χ1) is 9.06. The Labute approximate surface area is 111 Å². The van der Waals surface area contributed by atoms with Gasteiger partial charge in [0.1, 0.15) is 29.8 Å². The fourth-order valence-corrected chi connectivity index (χ4v) is 1.73. The smallest absolute Gasteiger partial charge is 0.317 e. The first-order valence-corrected chi connectivity index (χ1v) is 6.05. The van der Waals surface area contributed by atoms with Gasteiger partial charge in [-0.25, -0.2) is 0 Å². The average molecular weight is 260 g/mol. The van der Waals surface area contributed by atoms with Crippen LogP contribution in [-0.2, 0) is 4.79 Å². The summed E-state index contributed by atoms with van der Waals surface area (Å²) < 4.78 is 10.9. The lowest BCUT2D eigenvalue weighted by atomic mass is 10.1. The number of furan rings is 1. The highest BCUT2D eigenvalue weighted by Gasteiger charge is 2.24. The summed E-state index contributed by atoms with van der Waals surface area (Å²) in [5.41, 5.74) is 1.13. The molecule has 1 aromatic carbocycles. The molecule has 2 rings (SSSR count). The van der Waals surface area contributed by atoms with Gasteiger partial charge in [-0.3, -0.25) is 4.79 Å². The normalized spacial score (nSPS) is 12.1. The van der Waals surface area contributed by atoms with Crippen LogP contribution in [0.1, 0.15) is 23.0 Å². The minimum atomic E-state index is -0.957. The molecule has 0 fully saturated rings. The second kappa shape index (κ2) is 5.61. The summed E-state index contributed by atoms with van der Waals surface area (Å²) >= 11 is 0. The number of carboxylic acid groups (broad SMARTS) is 1. The van der Waals surface area contributed by atoms with Crippen LogP contribution in [0.4, 0.5) is 0 Å². The van der Waals surface area contributed by atoms with Gasteiger partial charge in [-0.1, -0.05) is 17.7 Å². The largest absolute Gasteiger partial charge is 0.492 e. The van der Waals surface area contributed by atoms with Gasteiger partial charge in [0.15, 0.2) is 0 Å². The Kier molecular flexibility index (Phi) is 3.90. The fourth-order valence-electron chi connectivity index (χ4n) is 1.73. The van der Waals surface area contributed by atoms with Crippen LogP contribution < -0.4 is 4.74 Å². The van der Waals surface area contributed by atoms with E-state index in [0.717, 1.165) is 5.56 Å². The molecular weight excluding hydrogens is 244 g/mol. The van der Waals surface area contributed by atoms with Crippen molar-refractivity contribution in [1.82, 2.24) is 0 Å². The van der Waals surface area contributed by atoms with Crippen molar-refractivity contribution in [2.45, 2.75) is 19.8 Å². The Morgan fingerprint density at radius 2 is 1.89 bits per heavy atom. The van der Waals surface area contributed by atoms with E-state index in [4.69, 9.17) is 9.15 Å². The molecule has 4 heteroatoms. The minimum Gasteiger partial charge on any atom is -0.492 e. The van der Waals surface area contributed by atoms with E-state index in [0.29, 0.717) is 17.3 Å². The molecule has 0 saturated heterocycles. The molecule has 2 aromatic rings. The number of aliphatic carboxylic acids is 1. The molecular formula is C15H16O4. The molecule has 0 aliphatic carbocycles. The Morgan fingerprint density at radius 1 is 1.21 bits per heavy atom. The summed E-state index contributed by atoms with van der Waals surface area (Å²) in [6, 6.07) is 10.9.